The van der Waals surface area contributed by atoms with Gasteiger partial charge in [0.15, 0.2) is 0 Å². The first-order chi connectivity index (χ1) is 11.5. The number of hydrogen-bond acceptors (Lipinski definition) is 4. The summed E-state index contributed by atoms with van der Waals surface area (Å²) in [5, 5.41) is 21.1. The zero-order chi connectivity index (χ0) is 17.2. The number of rotatable bonds is 4. The highest BCUT2D eigenvalue weighted by Gasteiger charge is 2.37. The number of benzene rings is 1. The van der Waals surface area contributed by atoms with Crippen molar-refractivity contribution in [3.8, 4) is 0 Å². The van der Waals surface area contributed by atoms with Crippen molar-refractivity contribution in [2.45, 2.75) is 56.3 Å². The van der Waals surface area contributed by atoms with Crippen LogP contribution in [0.5, 0.6) is 0 Å². The summed E-state index contributed by atoms with van der Waals surface area (Å²) in [5.74, 6) is -0.203. The molecule has 134 valence electrons. The average Bonchev–Trinajstić information content (AvgIpc) is 2.56. The van der Waals surface area contributed by atoms with Crippen LogP contribution in [-0.4, -0.2) is 59.5 Å². The second kappa shape index (κ2) is 7.38. The van der Waals surface area contributed by atoms with Gasteiger partial charge in [-0.05, 0) is 44.9 Å². The van der Waals surface area contributed by atoms with Gasteiger partial charge in [-0.25, -0.2) is 4.39 Å². The molecule has 0 spiro atoms. The van der Waals surface area contributed by atoms with E-state index in [1.807, 2.05) is 18.0 Å². The molecular formula is C19H29FN2O2. The third kappa shape index (κ3) is 3.90. The number of anilines is 1. The fourth-order valence-electron chi connectivity index (χ4n) is 4.22. The predicted molar refractivity (Wildman–Crippen MR) is 93.7 cm³/mol. The highest BCUT2D eigenvalue weighted by atomic mass is 19.1. The maximum Gasteiger partial charge on any atom is 0.146 e. The molecule has 2 aliphatic rings. The number of piperidine rings is 1. The summed E-state index contributed by atoms with van der Waals surface area (Å²) in [4.78, 5) is 4.14. The zero-order valence-electron chi connectivity index (χ0n) is 14.5. The molecule has 1 aliphatic heterocycles. The number of hydrogen-bond donors (Lipinski definition) is 2. The van der Waals surface area contributed by atoms with Gasteiger partial charge in [0.1, 0.15) is 5.82 Å². The Balaban J connectivity index is 1.57. The van der Waals surface area contributed by atoms with Gasteiger partial charge in [-0.15, -0.1) is 0 Å². The molecule has 1 saturated carbocycles. The third-order valence-electron chi connectivity index (χ3n) is 5.69. The van der Waals surface area contributed by atoms with Crippen molar-refractivity contribution in [3.05, 3.63) is 30.1 Å². The lowest BCUT2D eigenvalue weighted by Gasteiger charge is -2.44. The summed E-state index contributed by atoms with van der Waals surface area (Å²) in [5.41, 5.74) is -0.135. The smallest absolute Gasteiger partial charge is 0.146 e. The molecule has 0 radical (unpaired) electrons. The molecule has 0 bridgehead atoms. The third-order valence-corrected chi connectivity index (χ3v) is 5.69. The molecule has 1 heterocycles. The second-order valence-electron chi connectivity index (χ2n) is 7.50. The van der Waals surface area contributed by atoms with Crippen molar-refractivity contribution in [2.24, 2.45) is 0 Å². The monoisotopic (exact) mass is 336 g/mol. The van der Waals surface area contributed by atoms with E-state index >= 15 is 0 Å². The Kier molecular flexibility index (Phi) is 5.42. The van der Waals surface area contributed by atoms with Gasteiger partial charge in [0, 0.05) is 25.7 Å². The number of aliphatic hydroxyl groups excluding tert-OH is 1. The Hall–Kier alpha value is -1.17. The predicted octanol–water partition coefficient (Wildman–Crippen LogP) is 2.39. The molecule has 1 aliphatic carbocycles. The van der Waals surface area contributed by atoms with Crippen LogP contribution in [0, 0.1) is 5.82 Å². The normalized spacial score (nSPS) is 27.5. The van der Waals surface area contributed by atoms with E-state index in [0.29, 0.717) is 38.2 Å². The molecule has 24 heavy (non-hydrogen) atoms. The van der Waals surface area contributed by atoms with Gasteiger partial charge in [-0.3, -0.25) is 4.90 Å². The van der Waals surface area contributed by atoms with Gasteiger partial charge in [0.25, 0.3) is 0 Å². The first-order valence-electron chi connectivity index (χ1n) is 9.09. The lowest BCUT2D eigenvalue weighted by Crippen LogP contribution is -2.54. The van der Waals surface area contributed by atoms with E-state index in [0.717, 1.165) is 25.7 Å². The van der Waals surface area contributed by atoms with E-state index in [-0.39, 0.29) is 18.0 Å². The molecule has 2 fully saturated rings. The van der Waals surface area contributed by atoms with Crippen LogP contribution in [0.1, 0.15) is 38.5 Å². The highest BCUT2D eigenvalue weighted by Crippen LogP contribution is 2.30. The zero-order valence-corrected chi connectivity index (χ0v) is 14.5. The molecule has 2 atom stereocenters. The number of halogens is 1. The summed E-state index contributed by atoms with van der Waals surface area (Å²) >= 11 is 0. The molecule has 4 nitrogen and oxygen atoms in total. The van der Waals surface area contributed by atoms with Crippen molar-refractivity contribution in [1.82, 2.24) is 4.90 Å². The summed E-state index contributed by atoms with van der Waals surface area (Å²) in [6, 6.07) is 6.96. The molecule has 0 aromatic heterocycles. The van der Waals surface area contributed by atoms with Gasteiger partial charge in [0.05, 0.1) is 17.4 Å². The first-order valence-corrected chi connectivity index (χ1v) is 9.09. The van der Waals surface area contributed by atoms with E-state index in [9.17, 15) is 14.6 Å². The number of nitrogens with zero attached hydrogens (tertiary/aromatic N) is 2. The Morgan fingerprint density at radius 1 is 1.21 bits per heavy atom. The molecule has 0 amide bonds. The lowest BCUT2D eigenvalue weighted by molar-refractivity contribution is -0.0449. The van der Waals surface area contributed by atoms with Crippen LogP contribution in [0.25, 0.3) is 0 Å². The quantitative estimate of drug-likeness (QED) is 0.886. The van der Waals surface area contributed by atoms with Crippen molar-refractivity contribution in [3.63, 3.8) is 0 Å². The van der Waals surface area contributed by atoms with E-state index in [4.69, 9.17) is 0 Å². The summed E-state index contributed by atoms with van der Waals surface area (Å²) < 4.78 is 13.9. The van der Waals surface area contributed by atoms with Crippen LogP contribution < -0.4 is 4.90 Å². The van der Waals surface area contributed by atoms with E-state index in [1.54, 1.807) is 12.1 Å². The average molecular weight is 336 g/mol. The van der Waals surface area contributed by atoms with Crippen LogP contribution in [-0.2, 0) is 0 Å². The largest absolute Gasteiger partial charge is 0.391 e. The van der Waals surface area contributed by atoms with E-state index < -0.39 is 5.60 Å². The lowest BCUT2D eigenvalue weighted by atomic mass is 9.87. The van der Waals surface area contributed by atoms with Gasteiger partial charge in [-0.1, -0.05) is 25.0 Å². The number of aliphatic hydroxyl groups is 2. The van der Waals surface area contributed by atoms with Crippen LogP contribution in [0.3, 0.4) is 0 Å². The van der Waals surface area contributed by atoms with Gasteiger partial charge in [0.2, 0.25) is 0 Å². The minimum atomic E-state index is -0.756. The highest BCUT2D eigenvalue weighted by molar-refractivity contribution is 5.48. The molecular weight excluding hydrogens is 307 g/mol. The molecule has 3 rings (SSSR count). The minimum absolute atomic E-state index is 0.146. The van der Waals surface area contributed by atoms with Crippen molar-refractivity contribution in [2.75, 3.05) is 31.6 Å². The SMILES string of the molecule is CN(CC1(O)CCN(c2ccccc2F)CC1)[C@H]1CCCC[C@@H]1O. The molecule has 2 N–H and O–H groups in total. The fraction of sp³-hybridized carbons (Fsp3) is 0.684. The van der Waals surface area contributed by atoms with Crippen LogP contribution in [0.15, 0.2) is 24.3 Å². The van der Waals surface area contributed by atoms with Crippen LogP contribution in [0.2, 0.25) is 0 Å². The molecule has 1 saturated heterocycles. The minimum Gasteiger partial charge on any atom is -0.391 e. The molecule has 1 aromatic carbocycles. The summed E-state index contributed by atoms with van der Waals surface area (Å²) in [6.07, 6.45) is 5.04. The Morgan fingerprint density at radius 3 is 2.54 bits per heavy atom. The van der Waals surface area contributed by atoms with Crippen molar-refractivity contribution >= 4 is 5.69 Å². The summed E-state index contributed by atoms with van der Waals surface area (Å²) in [7, 11) is 2.00. The number of likely N-dealkylation sites (N-methyl/N-ethyl adjacent to an activating group) is 1. The van der Waals surface area contributed by atoms with Crippen LogP contribution >= 0.6 is 0 Å². The maximum atomic E-state index is 13.9. The first kappa shape index (κ1) is 17.6. The van der Waals surface area contributed by atoms with Crippen molar-refractivity contribution < 1.29 is 14.6 Å². The molecule has 1 aromatic rings. The van der Waals surface area contributed by atoms with Gasteiger partial charge >= 0.3 is 0 Å². The van der Waals surface area contributed by atoms with Crippen LogP contribution in [0.4, 0.5) is 10.1 Å². The molecule has 5 heteroatoms. The van der Waals surface area contributed by atoms with Gasteiger partial charge < -0.3 is 15.1 Å². The van der Waals surface area contributed by atoms with Gasteiger partial charge in [-0.2, -0.15) is 0 Å². The maximum absolute atomic E-state index is 13.9. The number of para-hydroxylation sites is 1. The van der Waals surface area contributed by atoms with E-state index in [1.165, 1.54) is 6.07 Å². The summed E-state index contributed by atoms with van der Waals surface area (Å²) in [6.45, 7) is 1.87. The second-order valence-corrected chi connectivity index (χ2v) is 7.50. The Morgan fingerprint density at radius 2 is 1.88 bits per heavy atom. The van der Waals surface area contributed by atoms with E-state index in [2.05, 4.69) is 4.90 Å². The topological polar surface area (TPSA) is 46.9 Å². The Bertz CT molecular complexity index is 546. The standard InChI is InChI=1S/C19H29FN2O2/c1-21(17-8-4-5-9-18(17)23)14-19(24)10-12-22(13-11-19)16-7-3-2-6-15(16)20/h2-3,6-7,17-18,23-24H,4-5,8-14H2,1H3/t17-,18-/m0/s1. The molecule has 0 unspecified atom stereocenters. The fourth-order valence-corrected chi connectivity index (χ4v) is 4.22. The van der Waals surface area contributed by atoms with Crippen molar-refractivity contribution in [1.29, 1.82) is 0 Å². The Labute approximate surface area is 143 Å².